The molecule has 10 heteroatoms. The van der Waals surface area contributed by atoms with Gasteiger partial charge in [-0.3, -0.25) is 0 Å². The van der Waals surface area contributed by atoms with E-state index < -0.39 is 17.4 Å². The van der Waals surface area contributed by atoms with Gasteiger partial charge in [0.2, 0.25) is 0 Å². The minimum atomic E-state index is -2.51. The van der Waals surface area contributed by atoms with Crippen LogP contribution in [-0.2, 0) is 0 Å². The fourth-order valence-corrected chi connectivity index (χ4v) is 32.7. The normalized spacial score (nSPS) is 11.1. The summed E-state index contributed by atoms with van der Waals surface area (Å²) in [6.07, 6.45) is 14.4. The van der Waals surface area contributed by atoms with Crippen LogP contribution >= 0.6 is 25.6 Å². The van der Waals surface area contributed by atoms with Gasteiger partial charge >= 0.3 is 270 Å². The van der Waals surface area contributed by atoms with Crippen LogP contribution in [0.3, 0.4) is 0 Å². The van der Waals surface area contributed by atoms with Crippen LogP contribution in [0.5, 0.6) is 0 Å². The summed E-state index contributed by atoms with van der Waals surface area (Å²) in [4.78, 5) is 40.3. The second kappa shape index (κ2) is 18.9. The second-order valence-corrected chi connectivity index (χ2v) is 34.1. The van der Waals surface area contributed by atoms with Crippen molar-refractivity contribution < 1.29 is 14.4 Å². The Labute approximate surface area is 268 Å². The average molecular weight is 822 g/mol. The summed E-state index contributed by atoms with van der Waals surface area (Å²) in [6, 6.07) is 22.7. The van der Waals surface area contributed by atoms with E-state index in [1.54, 1.807) is 55.1 Å². The van der Waals surface area contributed by atoms with Gasteiger partial charge in [-0.1, -0.05) is 0 Å². The maximum absolute atomic E-state index is 12.4. The van der Waals surface area contributed by atoms with Gasteiger partial charge in [-0.05, 0) is 0 Å². The van der Waals surface area contributed by atoms with E-state index in [1.807, 2.05) is 98.4 Å². The molecule has 0 unspecified atom stereocenters. The predicted molar refractivity (Wildman–Crippen MR) is 183 cm³/mol. The molecule has 0 spiro atoms. The molecule has 0 bridgehead atoms. The Morgan fingerprint density at radius 1 is 0.488 bits per heavy atom. The third kappa shape index (κ3) is 11.9. The SMILES string of the molecule is C=CC=CNC(=O)c1ccc([S][Bi]([S]c2ccc(C(=O)NC=CC=C)cc2)[S]c2ccc(C(=O)NC=CC=C)cc2)cc1. The number of hydrogen-bond acceptors (Lipinski definition) is 6. The van der Waals surface area contributed by atoms with Crippen LogP contribution in [-0.4, -0.2) is 35.1 Å². The van der Waals surface area contributed by atoms with E-state index >= 15 is 0 Å². The molecule has 0 aliphatic heterocycles. The number of hydrogen-bond donors (Lipinski definition) is 3. The van der Waals surface area contributed by atoms with Crippen molar-refractivity contribution >= 4 is 60.6 Å². The van der Waals surface area contributed by atoms with Gasteiger partial charge in [0.25, 0.3) is 0 Å². The molecule has 0 fully saturated rings. The Hall–Kier alpha value is -3.56. The van der Waals surface area contributed by atoms with Crippen LogP contribution in [0.1, 0.15) is 31.1 Å². The van der Waals surface area contributed by atoms with Crippen molar-refractivity contribution in [1.82, 2.24) is 16.0 Å². The second-order valence-electron chi connectivity index (χ2n) is 8.28. The van der Waals surface area contributed by atoms with Gasteiger partial charge in [-0.25, -0.2) is 0 Å². The molecule has 0 saturated carbocycles. The van der Waals surface area contributed by atoms with Gasteiger partial charge in [0.1, 0.15) is 0 Å². The number of rotatable bonds is 15. The van der Waals surface area contributed by atoms with Gasteiger partial charge in [0.15, 0.2) is 0 Å². The van der Waals surface area contributed by atoms with E-state index in [1.165, 1.54) is 0 Å². The fraction of sp³-hybridized carbons (Fsp3) is 0. The molecule has 0 radical (unpaired) electrons. The maximum atomic E-state index is 12.4. The Balaban J connectivity index is 1.76. The molecule has 43 heavy (non-hydrogen) atoms. The minimum absolute atomic E-state index is 0.189. The average Bonchev–Trinajstić information content (AvgIpc) is 3.02. The van der Waals surface area contributed by atoms with Crippen molar-refractivity contribution in [3.63, 3.8) is 0 Å². The Bertz CT molecular complexity index is 1330. The molecular weight excluding hydrogens is 792 g/mol. The van der Waals surface area contributed by atoms with Crippen LogP contribution in [0.15, 0.2) is 162 Å². The van der Waals surface area contributed by atoms with Gasteiger partial charge in [-0.2, -0.15) is 0 Å². The molecule has 0 saturated heterocycles. The van der Waals surface area contributed by atoms with Crippen molar-refractivity contribution in [2.75, 3.05) is 0 Å². The van der Waals surface area contributed by atoms with E-state index in [2.05, 4.69) is 35.7 Å². The number of allylic oxidation sites excluding steroid dienone is 6. The van der Waals surface area contributed by atoms with Crippen molar-refractivity contribution in [3.8, 4) is 0 Å². The van der Waals surface area contributed by atoms with E-state index in [9.17, 15) is 14.4 Å². The number of benzene rings is 3. The zero-order valence-electron chi connectivity index (χ0n) is 23.1. The molecule has 0 aromatic heterocycles. The quantitative estimate of drug-likeness (QED) is 0.108. The fourth-order valence-electron chi connectivity index (χ4n) is 3.14. The molecule has 0 aliphatic rings. The van der Waals surface area contributed by atoms with Gasteiger partial charge in [-0.15, -0.1) is 0 Å². The molecule has 6 nitrogen and oxygen atoms in total. The van der Waals surface area contributed by atoms with Crippen LogP contribution in [0.2, 0.25) is 0 Å². The summed E-state index contributed by atoms with van der Waals surface area (Å²) < 4.78 is 0. The van der Waals surface area contributed by atoms with E-state index in [-0.39, 0.29) is 17.7 Å². The molecule has 3 N–H and O–H groups in total. The third-order valence-corrected chi connectivity index (χ3v) is 31.5. The summed E-state index contributed by atoms with van der Waals surface area (Å²) in [5.41, 5.74) is 1.70. The van der Waals surface area contributed by atoms with E-state index in [4.69, 9.17) is 0 Å². The molecule has 3 amide bonds. The summed E-state index contributed by atoms with van der Waals surface area (Å²) in [5, 5.41) is 8.14. The monoisotopic (exact) mass is 821 g/mol. The number of amides is 3. The van der Waals surface area contributed by atoms with Gasteiger partial charge in [0.05, 0.1) is 0 Å². The third-order valence-electron chi connectivity index (χ3n) is 5.23. The first kappa shape index (κ1) is 33.9. The molecule has 0 atom stereocenters. The number of carbonyl (C=O) groups is 3. The topological polar surface area (TPSA) is 87.3 Å². The molecule has 218 valence electrons. The molecule has 3 aromatic rings. The number of carbonyl (C=O) groups excluding carboxylic acids is 3. The molecular formula is C33H30BiN3O3S3. The summed E-state index contributed by atoms with van der Waals surface area (Å²) in [6.45, 7) is 10.8. The molecule has 0 heterocycles. The molecule has 0 aliphatic carbocycles. The zero-order chi connectivity index (χ0) is 30.9. The Kier molecular flexibility index (Phi) is 14.9. The van der Waals surface area contributed by atoms with Crippen LogP contribution < -0.4 is 16.0 Å². The van der Waals surface area contributed by atoms with Crippen molar-refractivity contribution in [2.24, 2.45) is 0 Å². The first-order valence-electron chi connectivity index (χ1n) is 12.8. The van der Waals surface area contributed by atoms with Crippen LogP contribution in [0, 0.1) is 0 Å². The van der Waals surface area contributed by atoms with Crippen molar-refractivity contribution in [2.45, 2.75) is 14.7 Å². The van der Waals surface area contributed by atoms with E-state index in [0.717, 1.165) is 14.7 Å². The van der Waals surface area contributed by atoms with Crippen LogP contribution in [0.4, 0.5) is 0 Å². The van der Waals surface area contributed by atoms with Gasteiger partial charge < -0.3 is 0 Å². The summed E-state index contributed by atoms with van der Waals surface area (Å²) in [7, 11) is 5.53. The number of nitrogens with one attached hydrogen (secondary N) is 3. The Morgan fingerprint density at radius 3 is 0.977 bits per heavy atom. The predicted octanol–water partition coefficient (Wildman–Crippen LogP) is 7.64. The van der Waals surface area contributed by atoms with Gasteiger partial charge in [0, 0.05) is 0 Å². The van der Waals surface area contributed by atoms with Crippen molar-refractivity contribution in [1.29, 1.82) is 0 Å². The first-order chi connectivity index (χ1) is 20.9. The van der Waals surface area contributed by atoms with Crippen molar-refractivity contribution in [3.05, 3.63) is 164 Å². The zero-order valence-corrected chi connectivity index (χ0v) is 29.1. The first-order valence-corrected chi connectivity index (χ1v) is 27.9. The van der Waals surface area contributed by atoms with E-state index in [0.29, 0.717) is 16.7 Å². The molecule has 3 aromatic carbocycles. The summed E-state index contributed by atoms with van der Waals surface area (Å²) >= 11 is -2.51. The molecule has 3 rings (SSSR count). The summed E-state index contributed by atoms with van der Waals surface area (Å²) in [5.74, 6) is -0.566. The standard InChI is InChI=1S/3C11H11NOS.Bi/c3*1-2-3-8-12-11(13)9-4-6-10(14)7-5-9;/h3*2-8,14H,1H2,(H,12,13);/q;;;+3/p-3. The Morgan fingerprint density at radius 2 is 0.744 bits per heavy atom. The van der Waals surface area contributed by atoms with Crippen LogP contribution in [0.25, 0.3) is 0 Å².